The van der Waals surface area contributed by atoms with E-state index in [0.29, 0.717) is 12.5 Å². The highest BCUT2D eigenvalue weighted by Gasteiger charge is 2.42. The number of allylic oxidation sites excluding steroid dienone is 2. The van der Waals surface area contributed by atoms with Gasteiger partial charge < -0.3 is 9.47 Å². The molecule has 3 atom stereocenters. The van der Waals surface area contributed by atoms with E-state index in [1.54, 1.807) is 5.57 Å². The summed E-state index contributed by atoms with van der Waals surface area (Å²) in [5.74, 6) is 2.04. The van der Waals surface area contributed by atoms with Crippen LogP contribution in [0, 0.1) is 17.8 Å². The molecule has 2 saturated carbocycles. The van der Waals surface area contributed by atoms with E-state index >= 15 is 0 Å². The second-order valence-corrected chi connectivity index (χ2v) is 4.52. The van der Waals surface area contributed by atoms with Gasteiger partial charge in [0, 0.05) is 0 Å². The Morgan fingerprint density at radius 1 is 1.53 bits per heavy atom. The summed E-state index contributed by atoms with van der Waals surface area (Å²) in [4.78, 5) is 10.8. The van der Waals surface area contributed by atoms with Gasteiger partial charge in [-0.15, -0.1) is 0 Å². The number of ether oxygens (including phenoxy) is 2. The molecule has 15 heavy (non-hydrogen) atoms. The standard InChI is InChI=1S/C12H18O3/c1-3-8-4-10-5-9(8)6-11(10)7-15-12(13)14-2/h3,9-11H,4-7H2,1-2H3/t9-,10+,11?/m0/s1. The fraction of sp³-hybridized carbons (Fsp3) is 0.750. The van der Waals surface area contributed by atoms with Crippen LogP contribution < -0.4 is 0 Å². The number of rotatable bonds is 2. The molecular weight excluding hydrogens is 192 g/mol. The summed E-state index contributed by atoms with van der Waals surface area (Å²) in [7, 11) is 1.35. The minimum absolute atomic E-state index is 0.533. The van der Waals surface area contributed by atoms with Crippen LogP contribution >= 0.6 is 0 Å². The smallest absolute Gasteiger partial charge is 0.438 e. The Labute approximate surface area is 90.4 Å². The zero-order chi connectivity index (χ0) is 10.8. The van der Waals surface area contributed by atoms with Crippen molar-refractivity contribution < 1.29 is 14.3 Å². The maximum Gasteiger partial charge on any atom is 0.507 e. The van der Waals surface area contributed by atoms with Crippen molar-refractivity contribution in [3.63, 3.8) is 0 Å². The molecular formula is C12H18O3. The van der Waals surface area contributed by atoms with Crippen LogP contribution in [-0.2, 0) is 9.47 Å². The van der Waals surface area contributed by atoms with Gasteiger partial charge in [-0.3, -0.25) is 0 Å². The zero-order valence-corrected chi connectivity index (χ0v) is 9.36. The van der Waals surface area contributed by atoms with E-state index in [2.05, 4.69) is 17.7 Å². The lowest BCUT2D eigenvalue weighted by Crippen LogP contribution is -2.20. The van der Waals surface area contributed by atoms with Gasteiger partial charge in [0.05, 0.1) is 13.7 Å². The van der Waals surface area contributed by atoms with Gasteiger partial charge in [0.2, 0.25) is 0 Å². The number of hydrogen-bond donors (Lipinski definition) is 0. The van der Waals surface area contributed by atoms with Gasteiger partial charge in [-0.05, 0) is 43.9 Å². The molecule has 0 aromatic rings. The summed E-state index contributed by atoms with van der Waals surface area (Å²) in [5, 5.41) is 0. The number of carbonyl (C=O) groups excluding carboxylic acids is 1. The molecule has 1 unspecified atom stereocenters. The summed E-state index contributed by atoms with van der Waals surface area (Å²) in [6, 6.07) is 0. The number of carbonyl (C=O) groups is 1. The van der Waals surface area contributed by atoms with Gasteiger partial charge in [0.15, 0.2) is 0 Å². The molecule has 0 saturated heterocycles. The van der Waals surface area contributed by atoms with Crippen LogP contribution in [0.25, 0.3) is 0 Å². The number of hydrogen-bond acceptors (Lipinski definition) is 3. The fourth-order valence-corrected chi connectivity index (χ4v) is 3.03. The molecule has 0 aromatic heterocycles. The van der Waals surface area contributed by atoms with Gasteiger partial charge in [-0.25, -0.2) is 4.79 Å². The van der Waals surface area contributed by atoms with E-state index in [-0.39, 0.29) is 0 Å². The van der Waals surface area contributed by atoms with Crippen LogP contribution in [0.5, 0.6) is 0 Å². The molecule has 3 nitrogen and oxygen atoms in total. The summed E-state index contributed by atoms with van der Waals surface area (Å²) in [6.07, 6.45) is 5.37. The summed E-state index contributed by atoms with van der Waals surface area (Å²) in [5.41, 5.74) is 1.61. The van der Waals surface area contributed by atoms with Gasteiger partial charge in [0.1, 0.15) is 0 Å². The largest absolute Gasteiger partial charge is 0.507 e. The Morgan fingerprint density at radius 3 is 2.87 bits per heavy atom. The average molecular weight is 210 g/mol. The molecule has 2 fully saturated rings. The second-order valence-electron chi connectivity index (χ2n) is 4.52. The highest BCUT2D eigenvalue weighted by molar-refractivity contribution is 5.59. The molecule has 3 heteroatoms. The molecule has 2 aliphatic rings. The number of fused-ring (bicyclic) bond motifs is 2. The highest BCUT2D eigenvalue weighted by Crippen LogP contribution is 2.51. The molecule has 2 aliphatic carbocycles. The van der Waals surface area contributed by atoms with Gasteiger partial charge in [0.25, 0.3) is 0 Å². The third-order valence-electron chi connectivity index (χ3n) is 3.82. The van der Waals surface area contributed by atoms with Crippen molar-refractivity contribution >= 4 is 6.16 Å². The van der Waals surface area contributed by atoms with Crippen LogP contribution in [0.2, 0.25) is 0 Å². The van der Waals surface area contributed by atoms with Crippen LogP contribution in [0.4, 0.5) is 4.79 Å². The first-order valence-corrected chi connectivity index (χ1v) is 5.60. The van der Waals surface area contributed by atoms with E-state index in [0.717, 1.165) is 11.8 Å². The predicted octanol–water partition coefficient (Wildman–Crippen LogP) is 2.76. The van der Waals surface area contributed by atoms with E-state index in [4.69, 9.17) is 4.74 Å². The SMILES string of the molecule is CC=C1C[C@@H]2C[C@H]1CC2COC(=O)OC. The van der Waals surface area contributed by atoms with Crippen molar-refractivity contribution in [2.24, 2.45) is 17.8 Å². The van der Waals surface area contributed by atoms with E-state index < -0.39 is 6.16 Å². The molecule has 0 amide bonds. The first-order chi connectivity index (χ1) is 7.24. The maximum absolute atomic E-state index is 10.8. The van der Waals surface area contributed by atoms with E-state index in [1.165, 1.54) is 26.4 Å². The van der Waals surface area contributed by atoms with Gasteiger partial charge >= 0.3 is 6.16 Å². The molecule has 0 radical (unpaired) electrons. The maximum atomic E-state index is 10.8. The minimum atomic E-state index is -0.552. The average Bonchev–Trinajstić information content (AvgIpc) is 2.84. The Morgan fingerprint density at radius 2 is 2.33 bits per heavy atom. The third kappa shape index (κ3) is 2.01. The zero-order valence-electron chi connectivity index (χ0n) is 9.36. The van der Waals surface area contributed by atoms with Crippen LogP contribution in [-0.4, -0.2) is 19.9 Å². The molecule has 2 bridgehead atoms. The Balaban J connectivity index is 1.82. The third-order valence-corrected chi connectivity index (χ3v) is 3.82. The predicted molar refractivity (Wildman–Crippen MR) is 56.4 cm³/mol. The van der Waals surface area contributed by atoms with Crippen LogP contribution in [0.3, 0.4) is 0 Å². The van der Waals surface area contributed by atoms with Crippen molar-refractivity contribution in [2.75, 3.05) is 13.7 Å². The van der Waals surface area contributed by atoms with Crippen molar-refractivity contribution in [3.05, 3.63) is 11.6 Å². The van der Waals surface area contributed by atoms with E-state index in [1.807, 2.05) is 0 Å². The quantitative estimate of drug-likeness (QED) is 0.519. The summed E-state index contributed by atoms with van der Waals surface area (Å²) in [6.45, 7) is 2.65. The molecule has 0 N–H and O–H groups in total. The van der Waals surface area contributed by atoms with E-state index in [9.17, 15) is 4.79 Å². The number of methoxy groups -OCH3 is 1. The molecule has 84 valence electrons. The lowest BCUT2D eigenvalue weighted by atomic mass is 9.86. The molecule has 0 aromatic carbocycles. The van der Waals surface area contributed by atoms with Crippen molar-refractivity contribution in [1.29, 1.82) is 0 Å². The highest BCUT2D eigenvalue weighted by atomic mass is 16.7. The summed E-state index contributed by atoms with van der Waals surface area (Å²) >= 11 is 0. The Kier molecular flexibility index (Phi) is 2.98. The Hall–Kier alpha value is -0.990. The molecule has 0 spiro atoms. The minimum Gasteiger partial charge on any atom is -0.438 e. The molecule has 0 aliphatic heterocycles. The lowest BCUT2D eigenvalue weighted by molar-refractivity contribution is 0.0532. The lowest BCUT2D eigenvalue weighted by Gasteiger charge is -2.22. The van der Waals surface area contributed by atoms with Crippen molar-refractivity contribution in [1.82, 2.24) is 0 Å². The fourth-order valence-electron chi connectivity index (χ4n) is 3.03. The normalized spacial score (nSPS) is 35.9. The summed E-state index contributed by atoms with van der Waals surface area (Å²) < 4.78 is 9.48. The topological polar surface area (TPSA) is 35.5 Å². The Bertz CT molecular complexity index is 283. The van der Waals surface area contributed by atoms with Crippen LogP contribution in [0.15, 0.2) is 11.6 Å². The monoisotopic (exact) mass is 210 g/mol. The van der Waals surface area contributed by atoms with Crippen molar-refractivity contribution in [3.8, 4) is 0 Å². The van der Waals surface area contributed by atoms with Gasteiger partial charge in [-0.1, -0.05) is 11.6 Å². The second kappa shape index (κ2) is 4.25. The molecule has 0 heterocycles. The first kappa shape index (κ1) is 10.5. The first-order valence-electron chi connectivity index (χ1n) is 5.60. The van der Waals surface area contributed by atoms with Crippen molar-refractivity contribution in [2.45, 2.75) is 26.2 Å². The van der Waals surface area contributed by atoms with Crippen LogP contribution in [0.1, 0.15) is 26.2 Å². The molecule has 2 rings (SSSR count). The van der Waals surface area contributed by atoms with Gasteiger partial charge in [-0.2, -0.15) is 0 Å².